The number of piperazine rings is 1. The molecule has 1 atom stereocenters. The summed E-state index contributed by atoms with van der Waals surface area (Å²) < 4.78 is 18.9. The van der Waals surface area contributed by atoms with E-state index in [-0.39, 0.29) is 11.7 Å². The van der Waals surface area contributed by atoms with Crippen LogP contribution in [0.15, 0.2) is 18.2 Å². The van der Waals surface area contributed by atoms with Gasteiger partial charge in [-0.05, 0) is 25.5 Å². The third kappa shape index (κ3) is 3.44. The van der Waals surface area contributed by atoms with E-state index in [1.165, 1.54) is 6.07 Å². The summed E-state index contributed by atoms with van der Waals surface area (Å²) in [5, 5.41) is 3.19. The van der Waals surface area contributed by atoms with Crippen LogP contribution in [0, 0.1) is 12.7 Å². The normalized spacial score (nSPS) is 17.1. The molecular formula is C14H19FN2O2. The molecule has 0 aromatic heterocycles. The SMILES string of the molecule is Cc1ccc(OC(C)C(=O)N2CCNCC2)cc1F. The first-order valence-corrected chi connectivity index (χ1v) is 6.50. The molecule has 1 N–H and O–H groups in total. The largest absolute Gasteiger partial charge is 0.481 e. The number of hydrogen-bond donors (Lipinski definition) is 1. The molecule has 2 rings (SSSR count). The van der Waals surface area contributed by atoms with Crippen LogP contribution in [-0.4, -0.2) is 43.1 Å². The predicted molar refractivity (Wildman–Crippen MR) is 70.7 cm³/mol. The Balaban J connectivity index is 1.97. The highest BCUT2D eigenvalue weighted by molar-refractivity contribution is 5.81. The number of nitrogens with zero attached hydrogens (tertiary/aromatic N) is 1. The monoisotopic (exact) mass is 266 g/mol. The average molecular weight is 266 g/mol. The minimum absolute atomic E-state index is 0.0533. The van der Waals surface area contributed by atoms with Gasteiger partial charge in [0, 0.05) is 32.2 Å². The first kappa shape index (κ1) is 13.8. The van der Waals surface area contributed by atoms with E-state index in [2.05, 4.69) is 5.32 Å². The average Bonchev–Trinajstić information content (AvgIpc) is 2.43. The number of rotatable bonds is 3. The maximum absolute atomic E-state index is 13.4. The van der Waals surface area contributed by atoms with Crippen LogP contribution < -0.4 is 10.1 Å². The molecule has 1 aromatic carbocycles. The summed E-state index contributed by atoms with van der Waals surface area (Å²) in [6, 6.07) is 4.64. The van der Waals surface area contributed by atoms with Gasteiger partial charge in [-0.15, -0.1) is 0 Å². The van der Waals surface area contributed by atoms with Gasteiger partial charge in [0.15, 0.2) is 6.10 Å². The van der Waals surface area contributed by atoms with Crippen LogP contribution in [0.25, 0.3) is 0 Å². The van der Waals surface area contributed by atoms with Crippen LogP contribution in [0.3, 0.4) is 0 Å². The standard InChI is InChI=1S/C14H19FN2O2/c1-10-3-4-12(9-13(10)15)19-11(2)14(18)17-7-5-16-6-8-17/h3-4,9,11,16H,5-8H2,1-2H3. The zero-order valence-corrected chi connectivity index (χ0v) is 11.3. The zero-order valence-electron chi connectivity index (χ0n) is 11.3. The van der Waals surface area contributed by atoms with Crippen LogP contribution in [0.2, 0.25) is 0 Å². The fraction of sp³-hybridized carbons (Fsp3) is 0.500. The number of benzene rings is 1. The number of carbonyl (C=O) groups excluding carboxylic acids is 1. The molecule has 0 radical (unpaired) electrons. The van der Waals surface area contributed by atoms with Gasteiger partial charge in [-0.1, -0.05) is 6.07 Å². The van der Waals surface area contributed by atoms with Crippen molar-refractivity contribution in [2.75, 3.05) is 26.2 Å². The van der Waals surface area contributed by atoms with E-state index in [1.807, 2.05) is 0 Å². The van der Waals surface area contributed by atoms with Crippen molar-refractivity contribution in [1.29, 1.82) is 0 Å². The second-order valence-corrected chi connectivity index (χ2v) is 4.75. The lowest BCUT2D eigenvalue weighted by molar-refractivity contribution is -0.138. The Morgan fingerprint density at radius 1 is 1.42 bits per heavy atom. The Hall–Kier alpha value is -1.62. The van der Waals surface area contributed by atoms with Crippen molar-refractivity contribution >= 4 is 5.91 Å². The Kier molecular flexibility index (Phi) is 4.37. The maximum Gasteiger partial charge on any atom is 0.263 e. The van der Waals surface area contributed by atoms with Crippen molar-refractivity contribution in [1.82, 2.24) is 10.2 Å². The van der Waals surface area contributed by atoms with Gasteiger partial charge in [0.2, 0.25) is 0 Å². The minimum atomic E-state index is -0.597. The Morgan fingerprint density at radius 2 is 2.11 bits per heavy atom. The molecule has 4 nitrogen and oxygen atoms in total. The van der Waals surface area contributed by atoms with Crippen LogP contribution in [0.1, 0.15) is 12.5 Å². The molecule has 1 aliphatic rings. The molecule has 0 aliphatic carbocycles. The molecule has 1 unspecified atom stereocenters. The lowest BCUT2D eigenvalue weighted by Crippen LogP contribution is -2.50. The zero-order chi connectivity index (χ0) is 13.8. The molecule has 0 bridgehead atoms. The maximum atomic E-state index is 13.4. The lowest BCUT2D eigenvalue weighted by Gasteiger charge is -2.29. The smallest absolute Gasteiger partial charge is 0.263 e. The molecule has 1 heterocycles. The molecule has 1 fully saturated rings. The van der Waals surface area contributed by atoms with Crippen LogP contribution in [0.5, 0.6) is 5.75 Å². The van der Waals surface area contributed by atoms with Crippen LogP contribution >= 0.6 is 0 Å². The second-order valence-electron chi connectivity index (χ2n) is 4.75. The molecule has 1 saturated heterocycles. The van der Waals surface area contributed by atoms with Crippen LogP contribution in [0.4, 0.5) is 4.39 Å². The number of nitrogens with one attached hydrogen (secondary N) is 1. The fourth-order valence-electron chi connectivity index (χ4n) is 2.04. The van der Waals surface area contributed by atoms with E-state index >= 15 is 0 Å². The third-order valence-corrected chi connectivity index (χ3v) is 3.23. The Labute approximate surface area is 112 Å². The molecule has 19 heavy (non-hydrogen) atoms. The van der Waals surface area contributed by atoms with Gasteiger partial charge >= 0.3 is 0 Å². The van der Waals surface area contributed by atoms with Crippen LogP contribution in [-0.2, 0) is 4.79 Å². The highest BCUT2D eigenvalue weighted by Crippen LogP contribution is 2.17. The van der Waals surface area contributed by atoms with Gasteiger partial charge in [-0.3, -0.25) is 4.79 Å². The third-order valence-electron chi connectivity index (χ3n) is 3.23. The number of ether oxygens (including phenoxy) is 1. The van der Waals surface area contributed by atoms with Crippen molar-refractivity contribution in [2.24, 2.45) is 0 Å². The quantitative estimate of drug-likeness (QED) is 0.897. The van der Waals surface area contributed by atoms with Crippen molar-refractivity contribution in [3.8, 4) is 5.75 Å². The highest BCUT2D eigenvalue weighted by Gasteiger charge is 2.23. The summed E-state index contributed by atoms with van der Waals surface area (Å²) in [7, 11) is 0. The molecule has 1 aliphatic heterocycles. The molecule has 0 saturated carbocycles. The van der Waals surface area contributed by atoms with Gasteiger partial charge < -0.3 is 15.0 Å². The molecule has 1 aromatic rings. The van der Waals surface area contributed by atoms with Gasteiger partial charge in [0.05, 0.1) is 0 Å². The number of aryl methyl sites for hydroxylation is 1. The van der Waals surface area contributed by atoms with Crippen molar-refractivity contribution in [3.05, 3.63) is 29.6 Å². The van der Waals surface area contributed by atoms with E-state index in [0.29, 0.717) is 24.4 Å². The van der Waals surface area contributed by atoms with Crippen molar-refractivity contribution in [2.45, 2.75) is 20.0 Å². The van der Waals surface area contributed by atoms with Crippen molar-refractivity contribution in [3.63, 3.8) is 0 Å². The fourth-order valence-corrected chi connectivity index (χ4v) is 2.04. The van der Waals surface area contributed by atoms with E-state index in [9.17, 15) is 9.18 Å². The van der Waals surface area contributed by atoms with Gasteiger partial charge in [-0.25, -0.2) is 4.39 Å². The summed E-state index contributed by atoms with van der Waals surface area (Å²) in [6.07, 6.45) is -0.597. The van der Waals surface area contributed by atoms with E-state index < -0.39 is 6.10 Å². The first-order valence-electron chi connectivity index (χ1n) is 6.50. The molecule has 0 spiro atoms. The summed E-state index contributed by atoms with van der Waals surface area (Å²) in [4.78, 5) is 13.9. The second kappa shape index (κ2) is 6.02. The number of hydrogen-bond acceptors (Lipinski definition) is 3. The van der Waals surface area contributed by atoms with E-state index in [1.54, 1.807) is 30.9 Å². The Bertz CT molecular complexity index is 459. The summed E-state index contributed by atoms with van der Waals surface area (Å²) in [6.45, 7) is 6.37. The first-order chi connectivity index (χ1) is 9.08. The van der Waals surface area contributed by atoms with E-state index in [4.69, 9.17) is 4.74 Å². The number of halogens is 1. The van der Waals surface area contributed by atoms with Gasteiger partial charge in [0.25, 0.3) is 5.91 Å². The summed E-state index contributed by atoms with van der Waals surface area (Å²) in [5.41, 5.74) is 0.563. The number of amides is 1. The topological polar surface area (TPSA) is 41.6 Å². The predicted octanol–water partition coefficient (Wildman–Crippen LogP) is 1.33. The molecular weight excluding hydrogens is 247 g/mol. The summed E-state index contributed by atoms with van der Waals surface area (Å²) >= 11 is 0. The lowest BCUT2D eigenvalue weighted by atomic mass is 10.2. The highest BCUT2D eigenvalue weighted by atomic mass is 19.1. The van der Waals surface area contributed by atoms with Gasteiger partial charge in [0.1, 0.15) is 11.6 Å². The summed E-state index contributed by atoms with van der Waals surface area (Å²) in [5.74, 6) is 0.0147. The molecule has 104 valence electrons. The molecule has 1 amide bonds. The van der Waals surface area contributed by atoms with E-state index in [0.717, 1.165) is 13.1 Å². The van der Waals surface area contributed by atoms with Gasteiger partial charge in [-0.2, -0.15) is 0 Å². The van der Waals surface area contributed by atoms with Crippen molar-refractivity contribution < 1.29 is 13.9 Å². The Morgan fingerprint density at radius 3 is 2.74 bits per heavy atom. The molecule has 5 heteroatoms. The minimum Gasteiger partial charge on any atom is -0.481 e. The number of carbonyl (C=O) groups is 1.